The fraction of sp³-hybridized carbons (Fsp3) is 0.875. The predicted molar refractivity (Wildman–Crippen MR) is 46.5 cm³/mol. The normalized spacial score (nSPS) is 11.3. The standard InChI is InChI=1S/C8H18N2/c1-5-6-10(7-9-4)8(2)3/h7-8H,5-6H2,1-4H3. The first-order chi connectivity index (χ1) is 4.72. The van der Waals surface area contributed by atoms with Gasteiger partial charge in [0.2, 0.25) is 0 Å². The highest BCUT2D eigenvalue weighted by Gasteiger charge is 2.01. The maximum Gasteiger partial charge on any atom is 0.0848 e. The summed E-state index contributed by atoms with van der Waals surface area (Å²) in [5.74, 6) is 0. The summed E-state index contributed by atoms with van der Waals surface area (Å²) in [4.78, 5) is 6.21. The maximum absolute atomic E-state index is 3.98. The third kappa shape index (κ3) is 3.49. The van der Waals surface area contributed by atoms with Crippen LogP contribution >= 0.6 is 0 Å². The van der Waals surface area contributed by atoms with E-state index in [0.29, 0.717) is 6.04 Å². The topological polar surface area (TPSA) is 15.6 Å². The molecule has 0 spiro atoms. The Hall–Kier alpha value is -0.530. The lowest BCUT2D eigenvalue weighted by Gasteiger charge is -2.22. The first-order valence-electron chi connectivity index (χ1n) is 3.90. The molecule has 0 rings (SSSR count). The number of hydrogen-bond acceptors (Lipinski definition) is 1. The lowest BCUT2D eigenvalue weighted by molar-refractivity contribution is 0.360. The molecule has 10 heavy (non-hydrogen) atoms. The van der Waals surface area contributed by atoms with Crippen LogP contribution in [0.5, 0.6) is 0 Å². The largest absolute Gasteiger partial charge is 0.361 e. The highest BCUT2D eigenvalue weighted by Crippen LogP contribution is 1.95. The molecule has 0 aliphatic carbocycles. The van der Waals surface area contributed by atoms with Crippen LogP contribution in [0.3, 0.4) is 0 Å². The van der Waals surface area contributed by atoms with E-state index in [4.69, 9.17) is 0 Å². The number of aliphatic imine (C=N–C) groups is 1. The van der Waals surface area contributed by atoms with Crippen LogP contribution in [0.1, 0.15) is 27.2 Å². The van der Waals surface area contributed by atoms with Crippen LogP contribution in [0.4, 0.5) is 0 Å². The SMILES string of the molecule is CCCN(C=NC)C(C)C. The van der Waals surface area contributed by atoms with Crippen molar-refractivity contribution in [3.8, 4) is 0 Å². The molecule has 60 valence electrons. The summed E-state index contributed by atoms with van der Waals surface area (Å²) >= 11 is 0. The first kappa shape index (κ1) is 9.47. The van der Waals surface area contributed by atoms with Gasteiger partial charge in [0.15, 0.2) is 0 Å². The highest BCUT2D eigenvalue weighted by atomic mass is 15.2. The van der Waals surface area contributed by atoms with Crippen LogP contribution in [0.2, 0.25) is 0 Å². The quantitative estimate of drug-likeness (QED) is 0.431. The summed E-state index contributed by atoms with van der Waals surface area (Å²) < 4.78 is 0. The van der Waals surface area contributed by atoms with Crippen LogP contribution in [-0.2, 0) is 0 Å². The summed E-state index contributed by atoms with van der Waals surface area (Å²) in [6.45, 7) is 7.64. The molecule has 0 saturated carbocycles. The molecule has 0 aliphatic rings. The Bertz CT molecular complexity index is 97.4. The summed E-state index contributed by atoms with van der Waals surface area (Å²) in [6.07, 6.45) is 3.10. The van der Waals surface area contributed by atoms with E-state index in [9.17, 15) is 0 Å². The molecule has 0 aromatic heterocycles. The summed E-state index contributed by atoms with van der Waals surface area (Å²) in [5, 5.41) is 0. The summed E-state index contributed by atoms with van der Waals surface area (Å²) in [5.41, 5.74) is 0. The minimum Gasteiger partial charge on any atom is -0.361 e. The van der Waals surface area contributed by atoms with Gasteiger partial charge in [-0.1, -0.05) is 6.92 Å². The zero-order valence-corrected chi connectivity index (χ0v) is 7.46. The van der Waals surface area contributed by atoms with Gasteiger partial charge in [0.1, 0.15) is 0 Å². The highest BCUT2D eigenvalue weighted by molar-refractivity contribution is 5.54. The Morgan fingerprint density at radius 1 is 1.50 bits per heavy atom. The zero-order chi connectivity index (χ0) is 7.98. The minimum absolute atomic E-state index is 0.573. The lowest BCUT2D eigenvalue weighted by Crippen LogP contribution is -2.29. The Labute approximate surface area is 63.9 Å². The minimum atomic E-state index is 0.573. The monoisotopic (exact) mass is 142 g/mol. The molecule has 0 aliphatic heterocycles. The fourth-order valence-electron chi connectivity index (χ4n) is 0.856. The first-order valence-corrected chi connectivity index (χ1v) is 3.90. The second-order valence-corrected chi connectivity index (χ2v) is 2.71. The Kier molecular flexibility index (Phi) is 4.99. The van der Waals surface area contributed by atoms with E-state index in [2.05, 4.69) is 30.7 Å². The number of rotatable bonds is 4. The van der Waals surface area contributed by atoms with E-state index in [1.807, 2.05) is 13.4 Å². The zero-order valence-electron chi connectivity index (χ0n) is 7.46. The van der Waals surface area contributed by atoms with E-state index in [1.54, 1.807) is 0 Å². The summed E-state index contributed by atoms with van der Waals surface area (Å²) in [6, 6.07) is 0.573. The molecule has 0 N–H and O–H groups in total. The third-order valence-electron chi connectivity index (χ3n) is 1.41. The van der Waals surface area contributed by atoms with E-state index in [0.717, 1.165) is 6.54 Å². The molecule has 0 saturated heterocycles. The molecule has 0 amide bonds. The molecule has 0 bridgehead atoms. The van der Waals surface area contributed by atoms with E-state index < -0.39 is 0 Å². The van der Waals surface area contributed by atoms with Crippen molar-refractivity contribution in [2.75, 3.05) is 13.6 Å². The smallest absolute Gasteiger partial charge is 0.0848 e. The second-order valence-electron chi connectivity index (χ2n) is 2.71. The van der Waals surface area contributed by atoms with Crippen molar-refractivity contribution < 1.29 is 0 Å². The van der Waals surface area contributed by atoms with Gasteiger partial charge in [-0.25, -0.2) is 0 Å². The molecular weight excluding hydrogens is 124 g/mol. The van der Waals surface area contributed by atoms with Crippen LogP contribution < -0.4 is 0 Å². The predicted octanol–water partition coefficient (Wildman–Crippen LogP) is 1.76. The molecule has 0 aromatic rings. The van der Waals surface area contributed by atoms with Gasteiger partial charge in [-0.15, -0.1) is 0 Å². The van der Waals surface area contributed by atoms with E-state index >= 15 is 0 Å². The molecule has 2 nitrogen and oxygen atoms in total. The molecule has 2 heteroatoms. The van der Waals surface area contributed by atoms with Crippen molar-refractivity contribution in [2.24, 2.45) is 4.99 Å². The van der Waals surface area contributed by atoms with Crippen LogP contribution in [0, 0.1) is 0 Å². The molecule has 0 unspecified atom stereocenters. The molecular formula is C8H18N2. The average Bonchev–Trinajstić information content (AvgIpc) is 1.87. The van der Waals surface area contributed by atoms with Crippen molar-refractivity contribution >= 4 is 6.34 Å². The van der Waals surface area contributed by atoms with Gasteiger partial charge in [0, 0.05) is 19.6 Å². The van der Waals surface area contributed by atoms with E-state index in [-0.39, 0.29) is 0 Å². The van der Waals surface area contributed by atoms with Crippen molar-refractivity contribution in [3.63, 3.8) is 0 Å². The average molecular weight is 142 g/mol. The fourth-order valence-corrected chi connectivity index (χ4v) is 0.856. The van der Waals surface area contributed by atoms with Crippen LogP contribution in [0.15, 0.2) is 4.99 Å². The van der Waals surface area contributed by atoms with Crippen LogP contribution in [0.25, 0.3) is 0 Å². The number of nitrogens with zero attached hydrogens (tertiary/aromatic N) is 2. The Balaban J connectivity index is 3.72. The van der Waals surface area contributed by atoms with Crippen molar-refractivity contribution in [1.82, 2.24) is 4.90 Å². The summed E-state index contributed by atoms with van der Waals surface area (Å²) in [7, 11) is 1.81. The number of hydrogen-bond donors (Lipinski definition) is 0. The molecule has 0 fully saturated rings. The van der Waals surface area contributed by atoms with Gasteiger partial charge >= 0.3 is 0 Å². The van der Waals surface area contributed by atoms with Gasteiger partial charge in [-0.3, -0.25) is 4.99 Å². The van der Waals surface area contributed by atoms with Gasteiger partial charge < -0.3 is 4.90 Å². The molecule has 0 aromatic carbocycles. The second kappa shape index (κ2) is 5.27. The maximum atomic E-state index is 3.98. The molecule has 0 radical (unpaired) electrons. The van der Waals surface area contributed by atoms with Gasteiger partial charge in [0.25, 0.3) is 0 Å². The third-order valence-corrected chi connectivity index (χ3v) is 1.41. The Morgan fingerprint density at radius 2 is 2.10 bits per heavy atom. The van der Waals surface area contributed by atoms with Gasteiger partial charge in [0.05, 0.1) is 6.34 Å². The van der Waals surface area contributed by atoms with Crippen LogP contribution in [-0.4, -0.2) is 30.9 Å². The molecule has 0 heterocycles. The van der Waals surface area contributed by atoms with Crippen molar-refractivity contribution in [3.05, 3.63) is 0 Å². The lowest BCUT2D eigenvalue weighted by atomic mass is 10.3. The van der Waals surface area contributed by atoms with Gasteiger partial charge in [-0.2, -0.15) is 0 Å². The Morgan fingerprint density at radius 3 is 2.40 bits per heavy atom. The van der Waals surface area contributed by atoms with E-state index in [1.165, 1.54) is 6.42 Å². The van der Waals surface area contributed by atoms with Crippen molar-refractivity contribution in [2.45, 2.75) is 33.2 Å². The molecule has 0 atom stereocenters. The van der Waals surface area contributed by atoms with Crippen molar-refractivity contribution in [1.29, 1.82) is 0 Å². The van der Waals surface area contributed by atoms with Gasteiger partial charge in [-0.05, 0) is 20.3 Å².